The quantitative estimate of drug-likeness (QED) is 0.674. The lowest BCUT2D eigenvalue weighted by Gasteiger charge is -2.11. The van der Waals surface area contributed by atoms with Crippen molar-refractivity contribution in [2.45, 2.75) is 11.4 Å². The van der Waals surface area contributed by atoms with Crippen molar-refractivity contribution in [3.05, 3.63) is 75.9 Å². The Morgan fingerprint density at radius 2 is 1.89 bits per heavy atom. The standard InChI is InChI=1S/C18H15Cl2N3O3S/c1-27(25,26)14-6-2-4-12(10-14)18(24)22-16-8-9-21-23(16)11-13-5-3-7-15(19)17(13)20/h2-10H,11H2,1H3,(H,22,24). The maximum atomic E-state index is 12.5. The average molecular weight is 424 g/mol. The highest BCUT2D eigenvalue weighted by Gasteiger charge is 2.14. The Labute approximate surface area is 166 Å². The van der Waals surface area contributed by atoms with Crippen molar-refractivity contribution >= 4 is 44.8 Å². The average Bonchev–Trinajstić information content (AvgIpc) is 3.05. The van der Waals surface area contributed by atoms with Crippen LogP contribution in [0.3, 0.4) is 0 Å². The highest BCUT2D eigenvalue weighted by atomic mass is 35.5. The van der Waals surface area contributed by atoms with Crippen LogP contribution in [0.25, 0.3) is 0 Å². The van der Waals surface area contributed by atoms with Crippen LogP contribution in [0.15, 0.2) is 59.6 Å². The maximum Gasteiger partial charge on any atom is 0.256 e. The van der Waals surface area contributed by atoms with Gasteiger partial charge in [-0.2, -0.15) is 5.10 Å². The van der Waals surface area contributed by atoms with Crippen LogP contribution in [-0.4, -0.2) is 30.4 Å². The van der Waals surface area contributed by atoms with E-state index in [4.69, 9.17) is 23.2 Å². The Balaban J connectivity index is 1.83. The molecule has 27 heavy (non-hydrogen) atoms. The van der Waals surface area contributed by atoms with Gasteiger partial charge in [-0.15, -0.1) is 0 Å². The van der Waals surface area contributed by atoms with Crippen molar-refractivity contribution in [1.29, 1.82) is 0 Å². The number of sulfone groups is 1. The van der Waals surface area contributed by atoms with Crippen LogP contribution in [0.2, 0.25) is 10.0 Å². The first-order chi connectivity index (χ1) is 12.8. The summed E-state index contributed by atoms with van der Waals surface area (Å²) in [7, 11) is -3.40. The van der Waals surface area contributed by atoms with E-state index in [1.165, 1.54) is 18.2 Å². The molecule has 1 aromatic heterocycles. The van der Waals surface area contributed by atoms with Crippen LogP contribution in [0, 0.1) is 0 Å². The lowest BCUT2D eigenvalue weighted by Crippen LogP contribution is -2.16. The Hall–Kier alpha value is -2.35. The van der Waals surface area contributed by atoms with E-state index >= 15 is 0 Å². The van der Waals surface area contributed by atoms with E-state index in [0.29, 0.717) is 22.4 Å². The minimum absolute atomic E-state index is 0.0781. The molecule has 1 N–H and O–H groups in total. The van der Waals surface area contributed by atoms with Gasteiger partial charge in [0.25, 0.3) is 5.91 Å². The second-order valence-electron chi connectivity index (χ2n) is 5.84. The van der Waals surface area contributed by atoms with Gasteiger partial charge in [-0.1, -0.05) is 41.4 Å². The van der Waals surface area contributed by atoms with Gasteiger partial charge in [-0.05, 0) is 29.8 Å². The molecule has 6 nitrogen and oxygen atoms in total. The van der Waals surface area contributed by atoms with Crippen LogP contribution in [0.1, 0.15) is 15.9 Å². The molecular formula is C18H15Cl2N3O3S. The monoisotopic (exact) mass is 423 g/mol. The molecule has 0 aliphatic rings. The first-order valence-electron chi connectivity index (χ1n) is 7.82. The van der Waals surface area contributed by atoms with Gasteiger partial charge >= 0.3 is 0 Å². The Bertz CT molecular complexity index is 1110. The lowest BCUT2D eigenvalue weighted by atomic mass is 10.2. The zero-order valence-corrected chi connectivity index (χ0v) is 16.5. The second kappa shape index (κ2) is 7.72. The third-order valence-electron chi connectivity index (χ3n) is 3.83. The summed E-state index contributed by atoms with van der Waals surface area (Å²) in [5.74, 6) is 0.000224. The Morgan fingerprint density at radius 1 is 1.15 bits per heavy atom. The molecule has 0 unspecified atom stereocenters. The van der Waals surface area contributed by atoms with E-state index in [1.54, 1.807) is 35.1 Å². The molecule has 0 spiro atoms. The number of nitrogens with zero attached hydrogens (tertiary/aromatic N) is 2. The van der Waals surface area contributed by atoms with Crippen molar-refractivity contribution in [2.24, 2.45) is 0 Å². The molecule has 0 fully saturated rings. The summed E-state index contributed by atoms with van der Waals surface area (Å²) in [5.41, 5.74) is 0.980. The molecule has 3 rings (SSSR count). The highest BCUT2D eigenvalue weighted by molar-refractivity contribution is 7.90. The molecule has 3 aromatic rings. The molecule has 0 aliphatic heterocycles. The van der Waals surface area contributed by atoms with Gasteiger partial charge in [-0.25, -0.2) is 13.1 Å². The van der Waals surface area contributed by atoms with E-state index in [2.05, 4.69) is 10.4 Å². The van der Waals surface area contributed by atoms with Crippen molar-refractivity contribution in [3.8, 4) is 0 Å². The fourth-order valence-electron chi connectivity index (χ4n) is 2.45. The van der Waals surface area contributed by atoms with Gasteiger partial charge < -0.3 is 5.32 Å². The van der Waals surface area contributed by atoms with Gasteiger partial charge in [0.2, 0.25) is 0 Å². The van der Waals surface area contributed by atoms with E-state index in [1.807, 2.05) is 6.07 Å². The summed E-state index contributed by atoms with van der Waals surface area (Å²) >= 11 is 12.2. The van der Waals surface area contributed by atoms with Gasteiger partial charge in [0, 0.05) is 17.9 Å². The predicted molar refractivity (Wildman–Crippen MR) is 105 cm³/mol. The number of hydrogen-bond acceptors (Lipinski definition) is 4. The van der Waals surface area contributed by atoms with E-state index < -0.39 is 15.7 Å². The van der Waals surface area contributed by atoms with Crippen molar-refractivity contribution in [2.75, 3.05) is 11.6 Å². The number of hydrogen-bond donors (Lipinski definition) is 1. The topological polar surface area (TPSA) is 81.1 Å². The second-order valence-corrected chi connectivity index (χ2v) is 8.64. The van der Waals surface area contributed by atoms with Crippen LogP contribution in [0.5, 0.6) is 0 Å². The predicted octanol–water partition coefficient (Wildman–Crippen LogP) is 3.89. The largest absolute Gasteiger partial charge is 0.307 e. The van der Waals surface area contributed by atoms with Gasteiger partial charge in [0.15, 0.2) is 9.84 Å². The number of nitrogens with one attached hydrogen (secondary N) is 1. The van der Waals surface area contributed by atoms with Crippen molar-refractivity contribution in [1.82, 2.24) is 9.78 Å². The summed E-state index contributed by atoms with van der Waals surface area (Å²) < 4.78 is 24.9. The molecule has 0 saturated heterocycles. The molecule has 0 aliphatic carbocycles. The molecule has 0 radical (unpaired) electrons. The van der Waals surface area contributed by atoms with E-state index in [9.17, 15) is 13.2 Å². The lowest BCUT2D eigenvalue weighted by molar-refractivity contribution is 0.102. The van der Waals surface area contributed by atoms with Crippen molar-refractivity contribution < 1.29 is 13.2 Å². The molecule has 0 bridgehead atoms. The van der Waals surface area contributed by atoms with Crippen LogP contribution >= 0.6 is 23.2 Å². The third-order valence-corrected chi connectivity index (χ3v) is 5.80. The number of carbonyl (C=O) groups excluding carboxylic acids is 1. The van der Waals surface area contributed by atoms with Crippen LogP contribution in [-0.2, 0) is 16.4 Å². The van der Waals surface area contributed by atoms with E-state index in [-0.39, 0.29) is 10.5 Å². The highest BCUT2D eigenvalue weighted by Crippen LogP contribution is 2.26. The van der Waals surface area contributed by atoms with Crippen LogP contribution < -0.4 is 5.32 Å². The number of halogens is 2. The summed E-state index contributed by atoms with van der Waals surface area (Å²) in [6, 6.07) is 12.8. The molecule has 0 atom stereocenters. The van der Waals surface area contributed by atoms with Crippen molar-refractivity contribution in [3.63, 3.8) is 0 Å². The Kier molecular flexibility index (Phi) is 5.55. The number of anilines is 1. The molecule has 140 valence electrons. The summed E-state index contributed by atoms with van der Waals surface area (Å²) in [4.78, 5) is 12.6. The smallest absolute Gasteiger partial charge is 0.256 e. The minimum atomic E-state index is -3.40. The first kappa shape index (κ1) is 19.4. The fraction of sp³-hybridized carbons (Fsp3) is 0.111. The van der Waals surface area contributed by atoms with E-state index in [0.717, 1.165) is 11.8 Å². The molecule has 1 amide bonds. The normalized spacial score (nSPS) is 11.4. The molecule has 2 aromatic carbocycles. The summed E-state index contributed by atoms with van der Waals surface area (Å²) in [6.45, 7) is 0.311. The zero-order chi connectivity index (χ0) is 19.6. The van der Waals surface area contributed by atoms with Crippen LogP contribution in [0.4, 0.5) is 5.82 Å². The summed E-state index contributed by atoms with van der Waals surface area (Å²) in [6.07, 6.45) is 2.63. The number of rotatable bonds is 5. The number of amides is 1. The first-order valence-corrected chi connectivity index (χ1v) is 10.5. The van der Waals surface area contributed by atoms with Gasteiger partial charge in [-0.3, -0.25) is 4.79 Å². The number of benzene rings is 2. The molecular weight excluding hydrogens is 409 g/mol. The number of aromatic nitrogens is 2. The molecule has 9 heteroatoms. The summed E-state index contributed by atoms with van der Waals surface area (Å²) in [5, 5.41) is 7.78. The fourth-order valence-corrected chi connectivity index (χ4v) is 3.50. The van der Waals surface area contributed by atoms with Gasteiger partial charge in [0.05, 0.1) is 27.7 Å². The molecule has 1 heterocycles. The SMILES string of the molecule is CS(=O)(=O)c1cccc(C(=O)Nc2ccnn2Cc2cccc(Cl)c2Cl)c1. The zero-order valence-electron chi connectivity index (χ0n) is 14.2. The number of carbonyl (C=O) groups is 1. The third kappa shape index (κ3) is 4.50. The van der Waals surface area contributed by atoms with Gasteiger partial charge in [0.1, 0.15) is 5.82 Å². The maximum absolute atomic E-state index is 12.5. The molecule has 0 saturated carbocycles. The Morgan fingerprint density at radius 3 is 2.63 bits per heavy atom. The minimum Gasteiger partial charge on any atom is -0.307 e.